The summed E-state index contributed by atoms with van der Waals surface area (Å²) in [4.78, 5) is 27.6. The molecule has 1 aromatic rings. The number of nitrogens with one attached hydrogen (secondary N) is 1. The molecule has 1 fully saturated rings. The topological polar surface area (TPSA) is 153 Å². The molecule has 10 nitrogen and oxygen atoms in total. The van der Waals surface area contributed by atoms with Crippen LogP contribution in [0.3, 0.4) is 0 Å². The number of ether oxygens (including phenoxy) is 1. The van der Waals surface area contributed by atoms with E-state index in [1.54, 1.807) is 0 Å². The first-order valence-corrected chi connectivity index (χ1v) is 5.80. The van der Waals surface area contributed by atoms with E-state index in [0.717, 1.165) is 4.57 Å². The van der Waals surface area contributed by atoms with Crippen LogP contribution in [0.2, 0.25) is 0 Å². The van der Waals surface area contributed by atoms with Gasteiger partial charge in [0.1, 0.15) is 12.2 Å². The lowest BCUT2D eigenvalue weighted by molar-refractivity contribution is -0.0373. The summed E-state index contributed by atoms with van der Waals surface area (Å²) in [5.41, 5.74) is 7.19. The van der Waals surface area contributed by atoms with Crippen LogP contribution in [0.25, 0.3) is 10.4 Å². The summed E-state index contributed by atoms with van der Waals surface area (Å²) in [6.07, 6.45) is -3.53. The van der Waals surface area contributed by atoms with Gasteiger partial charge in [-0.3, -0.25) is 14.3 Å². The average Bonchev–Trinajstić information content (AvgIpc) is 2.68. The molecule has 0 spiro atoms. The minimum Gasteiger partial charge on any atom is -0.388 e. The number of aliphatic hydroxyl groups excluding tert-OH is 2. The summed E-state index contributed by atoms with van der Waals surface area (Å²) in [7, 11) is 0. The normalized spacial score (nSPS) is 29.1. The number of rotatable bonds is 3. The van der Waals surface area contributed by atoms with Crippen molar-refractivity contribution in [2.75, 3.05) is 6.54 Å². The molecule has 20 heavy (non-hydrogen) atoms. The van der Waals surface area contributed by atoms with E-state index in [1.165, 1.54) is 13.1 Å². The Balaban J connectivity index is 2.34. The highest BCUT2D eigenvalue weighted by atomic mass is 16.6. The number of hydrogen-bond acceptors (Lipinski definition) is 6. The molecule has 0 bridgehead atoms. The number of hydrogen-bond donors (Lipinski definition) is 3. The van der Waals surface area contributed by atoms with Crippen LogP contribution >= 0.6 is 0 Å². The summed E-state index contributed by atoms with van der Waals surface area (Å²) >= 11 is 0. The molecule has 108 valence electrons. The van der Waals surface area contributed by atoms with Crippen molar-refractivity contribution in [3.63, 3.8) is 0 Å². The second-order valence-electron chi connectivity index (χ2n) is 4.44. The number of aromatic nitrogens is 2. The Kier molecular flexibility index (Phi) is 3.91. The molecule has 2 heterocycles. The molecule has 10 heteroatoms. The first-order valence-electron chi connectivity index (χ1n) is 5.80. The van der Waals surface area contributed by atoms with Crippen molar-refractivity contribution in [3.8, 4) is 0 Å². The fourth-order valence-electron chi connectivity index (χ4n) is 2.00. The van der Waals surface area contributed by atoms with Gasteiger partial charge in [0, 0.05) is 16.7 Å². The Morgan fingerprint density at radius 1 is 1.50 bits per heavy atom. The summed E-state index contributed by atoms with van der Waals surface area (Å²) in [6.45, 7) is 1.31. The number of aliphatic hydroxyl groups is 2. The molecule has 0 saturated carbocycles. The van der Waals surface area contributed by atoms with Crippen molar-refractivity contribution in [3.05, 3.63) is 43.0 Å². The lowest BCUT2D eigenvalue weighted by atomic mass is 10.1. The van der Waals surface area contributed by atoms with Gasteiger partial charge in [0.05, 0.1) is 12.6 Å². The van der Waals surface area contributed by atoms with E-state index in [1.807, 2.05) is 0 Å². The van der Waals surface area contributed by atoms with Crippen molar-refractivity contribution in [2.45, 2.75) is 31.5 Å². The quantitative estimate of drug-likeness (QED) is 0.360. The van der Waals surface area contributed by atoms with Crippen molar-refractivity contribution in [1.29, 1.82) is 0 Å². The van der Waals surface area contributed by atoms with Gasteiger partial charge in [0.25, 0.3) is 5.56 Å². The number of nitrogens with zero attached hydrogens (tertiary/aromatic N) is 4. The van der Waals surface area contributed by atoms with E-state index in [0.29, 0.717) is 0 Å². The summed E-state index contributed by atoms with van der Waals surface area (Å²) < 4.78 is 6.31. The fraction of sp³-hybridized carbons (Fsp3) is 0.600. The van der Waals surface area contributed by atoms with Crippen molar-refractivity contribution < 1.29 is 14.9 Å². The van der Waals surface area contributed by atoms with Crippen molar-refractivity contribution >= 4 is 0 Å². The Labute approximate surface area is 111 Å². The van der Waals surface area contributed by atoms with Crippen molar-refractivity contribution in [2.24, 2.45) is 5.11 Å². The van der Waals surface area contributed by atoms with E-state index in [9.17, 15) is 19.8 Å². The van der Waals surface area contributed by atoms with Gasteiger partial charge in [-0.25, -0.2) is 4.79 Å². The molecular formula is C10H13N5O5. The van der Waals surface area contributed by atoms with Gasteiger partial charge in [-0.15, -0.1) is 0 Å². The second kappa shape index (κ2) is 5.47. The molecule has 0 unspecified atom stereocenters. The minimum atomic E-state index is -1.38. The standard InChI is InChI=1S/C10H13N5O5/c1-4-3-15(10(19)13-8(4)18)9-7(17)6(16)5(20-9)2-12-14-11/h3,5-7,9,16-17H,2H2,1H3,(H,13,18,19)/t5-,6-,7+,9-/m1/s1. The first kappa shape index (κ1) is 14.3. The Morgan fingerprint density at radius 3 is 2.85 bits per heavy atom. The van der Waals surface area contributed by atoms with Gasteiger partial charge < -0.3 is 14.9 Å². The van der Waals surface area contributed by atoms with Crippen LogP contribution in [-0.2, 0) is 4.74 Å². The van der Waals surface area contributed by atoms with Crippen LogP contribution in [-0.4, -0.2) is 44.6 Å². The molecule has 1 aliphatic rings. The molecule has 3 N–H and O–H groups in total. The number of H-pyrrole nitrogens is 1. The molecule has 2 rings (SSSR count). The highest BCUT2D eigenvalue weighted by Gasteiger charge is 2.43. The average molecular weight is 283 g/mol. The third-order valence-corrected chi connectivity index (χ3v) is 3.08. The third kappa shape index (κ3) is 2.45. The molecule has 1 saturated heterocycles. The molecule has 0 radical (unpaired) electrons. The van der Waals surface area contributed by atoms with Gasteiger partial charge in [-0.1, -0.05) is 5.11 Å². The highest BCUT2D eigenvalue weighted by Crippen LogP contribution is 2.28. The molecule has 0 amide bonds. The zero-order valence-corrected chi connectivity index (χ0v) is 10.5. The molecule has 4 atom stereocenters. The van der Waals surface area contributed by atoms with Crippen LogP contribution in [0.15, 0.2) is 20.9 Å². The Morgan fingerprint density at radius 2 is 2.20 bits per heavy atom. The maximum atomic E-state index is 11.7. The van der Waals surface area contributed by atoms with Crippen LogP contribution in [0.1, 0.15) is 11.8 Å². The third-order valence-electron chi connectivity index (χ3n) is 3.08. The zero-order valence-electron chi connectivity index (χ0n) is 10.5. The smallest absolute Gasteiger partial charge is 0.330 e. The minimum absolute atomic E-state index is 0.178. The maximum Gasteiger partial charge on any atom is 0.330 e. The van der Waals surface area contributed by atoms with Gasteiger partial charge in [-0.2, -0.15) is 0 Å². The van der Waals surface area contributed by atoms with Crippen LogP contribution in [0.5, 0.6) is 0 Å². The van der Waals surface area contributed by atoms with Gasteiger partial charge in [0.15, 0.2) is 6.23 Å². The Hall–Kier alpha value is -2.13. The summed E-state index contributed by atoms with van der Waals surface area (Å²) in [6, 6.07) is 0. The number of azide groups is 1. The lowest BCUT2D eigenvalue weighted by Crippen LogP contribution is -2.38. The molecular weight excluding hydrogens is 270 g/mol. The predicted octanol–water partition coefficient (Wildman–Crippen LogP) is -1.23. The van der Waals surface area contributed by atoms with Crippen LogP contribution in [0.4, 0.5) is 0 Å². The molecule has 1 aromatic heterocycles. The SMILES string of the molecule is Cc1cn([C@@H]2O[C@H](CN=[N+]=[N-])[C@@H](O)[C@@H]2O)c(=O)[nH]c1=O. The molecule has 1 aliphatic heterocycles. The van der Waals surface area contributed by atoms with Gasteiger partial charge >= 0.3 is 5.69 Å². The fourth-order valence-corrected chi connectivity index (χ4v) is 2.00. The van der Waals surface area contributed by atoms with Gasteiger partial charge in [-0.05, 0) is 12.5 Å². The van der Waals surface area contributed by atoms with Crippen LogP contribution < -0.4 is 11.2 Å². The number of aryl methyl sites for hydroxylation is 1. The van der Waals surface area contributed by atoms with E-state index >= 15 is 0 Å². The largest absolute Gasteiger partial charge is 0.388 e. The van der Waals surface area contributed by atoms with E-state index < -0.39 is 35.8 Å². The Bertz CT molecular complexity index is 661. The first-order chi connectivity index (χ1) is 9.45. The second-order valence-corrected chi connectivity index (χ2v) is 4.44. The maximum absolute atomic E-state index is 11.7. The van der Waals surface area contributed by atoms with E-state index in [4.69, 9.17) is 10.3 Å². The molecule has 0 aliphatic carbocycles. The van der Waals surface area contributed by atoms with E-state index in [2.05, 4.69) is 15.0 Å². The van der Waals surface area contributed by atoms with Gasteiger partial charge in [0.2, 0.25) is 0 Å². The zero-order chi connectivity index (χ0) is 14.9. The summed E-state index contributed by atoms with van der Waals surface area (Å²) in [5, 5.41) is 22.9. The highest BCUT2D eigenvalue weighted by molar-refractivity contribution is 5.03. The van der Waals surface area contributed by atoms with Crippen molar-refractivity contribution in [1.82, 2.24) is 9.55 Å². The molecule has 0 aromatic carbocycles. The number of aromatic amines is 1. The van der Waals surface area contributed by atoms with Crippen LogP contribution in [0, 0.1) is 6.92 Å². The lowest BCUT2D eigenvalue weighted by Gasteiger charge is -2.17. The monoisotopic (exact) mass is 283 g/mol. The summed E-state index contributed by atoms with van der Waals surface area (Å²) in [5.74, 6) is 0. The van der Waals surface area contributed by atoms with E-state index in [-0.39, 0.29) is 12.1 Å². The predicted molar refractivity (Wildman–Crippen MR) is 66.0 cm³/mol.